The molecule has 1 fully saturated rings. The summed E-state index contributed by atoms with van der Waals surface area (Å²) in [6, 6.07) is 2.54. The number of rotatable bonds is 10. The predicted octanol–water partition coefficient (Wildman–Crippen LogP) is 0.685. The maximum atomic E-state index is 12.5. The van der Waals surface area contributed by atoms with Gasteiger partial charge in [-0.05, 0) is 0 Å². The molecule has 1 aliphatic rings. The number of amides is 1. The zero-order valence-electron chi connectivity index (χ0n) is 16.1. The average molecular weight is 419 g/mol. The summed E-state index contributed by atoms with van der Waals surface area (Å²) in [7, 11) is 2.94. The quantitative estimate of drug-likeness (QED) is 0.324. The van der Waals surface area contributed by atoms with Gasteiger partial charge < -0.3 is 24.8 Å². The Morgan fingerprint density at radius 2 is 1.96 bits per heavy atom. The molecule has 1 aromatic rings. The van der Waals surface area contributed by atoms with E-state index in [1.165, 1.54) is 26.4 Å². The molecule has 1 aliphatic heterocycles. The van der Waals surface area contributed by atoms with Gasteiger partial charge in [-0.2, -0.15) is 0 Å². The van der Waals surface area contributed by atoms with Gasteiger partial charge in [-0.1, -0.05) is 0 Å². The number of nitrogens with one attached hydrogen (secondary N) is 2. The number of hydrogen-bond donors (Lipinski definition) is 2. The summed E-state index contributed by atoms with van der Waals surface area (Å²) >= 11 is 0. The van der Waals surface area contributed by atoms with Crippen LogP contribution in [0, 0.1) is 10.1 Å². The molecule has 0 aliphatic carbocycles. The molecule has 0 radical (unpaired) electrons. The zero-order valence-corrected chi connectivity index (χ0v) is 16.9. The molecule has 1 amide bonds. The molecule has 1 heterocycles. The van der Waals surface area contributed by atoms with Crippen molar-refractivity contribution >= 4 is 24.0 Å². The maximum absolute atomic E-state index is 12.5. The molecule has 0 atom stereocenters. The van der Waals surface area contributed by atoms with E-state index in [-0.39, 0.29) is 41.8 Å². The molecule has 2 N–H and O–H groups in total. The number of carbonyl (C=O) groups is 1. The Labute approximate surface area is 170 Å². The number of benzene rings is 1. The van der Waals surface area contributed by atoms with Crippen molar-refractivity contribution < 1.29 is 23.9 Å². The molecule has 0 aromatic heterocycles. The van der Waals surface area contributed by atoms with Gasteiger partial charge in [0.15, 0.2) is 11.5 Å². The summed E-state index contributed by atoms with van der Waals surface area (Å²) in [5, 5.41) is 17.4. The third-order valence-corrected chi connectivity index (χ3v) is 4.19. The topological polar surface area (TPSA) is 115 Å². The first-order chi connectivity index (χ1) is 13.1. The first-order valence-corrected chi connectivity index (χ1v) is 8.76. The van der Waals surface area contributed by atoms with Gasteiger partial charge in [-0.3, -0.25) is 19.8 Å². The highest BCUT2D eigenvalue weighted by Crippen LogP contribution is 2.34. The largest absolute Gasteiger partial charge is 0.493 e. The standard InChI is InChI=1S/C17H26N4O6.ClH/c1-25-9-10-27-16-12-14(21(23)24)13(11-15(16)26-2)17(22)19-5-8-20-6-3-18-4-7-20;/h11-12,18H,3-10H2,1-2H3,(H,19,22);1H. The first-order valence-electron chi connectivity index (χ1n) is 8.76. The second-order valence-electron chi connectivity index (χ2n) is 5.97. The van der Waals surface area contributed by atoms with Gasteiger partial charge in [0.1, 0.15) is 12.2 Å². The Morgan fingerprint density at radius 3 is 2.57 bits per heavy atom. The van der Waals surface area contributed by atoms with Crippen molar-refractivity contribution in [2.45, 2.75) is 0 Å². The van der Waals surface area contributed by atoms with Crippen LogP contribution in [0.1, 0.15) is 10.4 Å². The number of hydrogen-bond acceptors (Lipinski definition) is 8. The van der Waals surface area contributed by atoms with Crippen LogP contribution in [0.4, 0.5) is 5.69 Å². The van der Waals surface area contributed by atoms with Crippen LogP contribution in [0.25, 0.3) is 0 Å². The average Bonchev–Trinajstić information content (AvgIpc) is 2.68. The minimum Gasteiger partial charge on any atom is -0.493 e. The van der Waals surface area contributed by atoms with Crippen LogP contribution in [0.3, 0.4) is 0 Å². The molecule has 28 heavy (non-hydrogen) atoms. The van der Waals surface area contributed by atoms with Crippen molar-refractivity contribution in [2.24, 2.45) is 0 Å². The van der Waals surface area contributed by atoms with E-state index >= 15 is 0 Å². The molecule has 0 saturated carbocycles. The minimum atomic E-state index is -0.603. The van der Waals surface area contributed by atoms with Crippen molar-refractivity contribution in [2.75, 3.05) is 66.7 Å². The molecular formula is C17H27ClN4O6. The van der Waals surface area contributed by atoms with Crippen LogP contribution < -0.4 is 20.1 Å². The SMILES string of the molecule is COCCOc1cc([N+](=O)[O-])c(C(=O)NCCN2CCNCC2)cc1OC.Cl. The van der Waals surface area contributed by atoms with Crippen LogP contribution in [0.2, 0.25) is 0 Å². The molecule has 2 rings (SSSR count). The monoisotopic (exact) mass is 418 g/mol. The van der Waals surface area contributed by atoms with Gasteiger partial charge in [0.2, 0.25) is 0 Å². The highest BCUT2D eigenvalue weighted by atomic mass is 35.5. The van der Waals surface area contributed by atoms with E-state index in [2.05, 4.69) is 15.5 Å². The lowest BCUT2D eigenvalue weighted by Crippen LogP contribution is -2.46. The Kier molecular flexibility index (Phi) is 10.5. The molecule has 11 heteroatoms. The van der Waals surface area contributed by atoms with Crippen molar-refractivity contribution in [1.29, 1.82) is 0 Å². The normalized spacial score (nSPS) is 14.1. The van der Waals surface area contributed by atoms with Gasteiger partial charge in [0.05, 0.1) is 24.7 Å². The van der Waals surface area contributed by atoms with Crippen LogP contribution in [0.15, 0.2) is 12.1 Å². The fraction of sp³-hybridized carbons (Fsp3) is 0.588. The van der Waals surface area contributed by atoms with Crippen molar-refractivity contribution in [3.05, 3.63) is 27.8 Å². The molecule has 1 aromatic carbocycles. The number of nitro groups is 1. The van der Waals surface area contributed by atoms with Crippen molar-refractivity contribution in [3.8, 4) is 11.5 Å². The van der Waals surface area contributed by atoms with Crippen molar-refractivity contribution in [1.82, 2.24) is 15.5 Å². The lowest BCUT2D eigenvalue weighted by Gasteiger charge is -2.27. The second-order valence-corrected chi connectivity index (χ2v) is 5.97. The zero-order chi connectivity index (χ0) is 19.6. The summed E-state index contributed by atoms with van der Waals surface area (Å²) in [6.45, 7) is 5.30. The molecule has 0 unspecified atom stereocenters. The van der Waals surface area contributed by atoms with Gasteiger partial charge in [0.25, 0.3) is 11.6 Å². The van der Waals surface area contributed by atoms with Gasteiger partial charge in [-0.25, -0.2) is 0 Å². The Balaban J connectivity index is 0.00000392. The van der Waals surface area contributed by atoms with E-state index in [1.54, 1.807) is 0 Å². The number of halogens is 1. The number of methoxy groups -OCH3 is 2. The van der Waals surface area contributed by atoms with Crippen LogP contribution in [-0.4, -0.2) is 82.4 Å². The summed E-state index contributed by atoms with van der Waals surface area (Å²) in [4.78, 5) is 25.5. The second kappa shape index (κ2) is 12.3. The number of carbonyl (C=O) groups excluding carboxylic acids is 1. The fourth-order valence-corrected chi connectivity index (χ4v) is 2.75. The predicted molar refractivity (Wildman–Crippen MR) is 106 cm³/mol. The minimum absolute atomic E-state index is 0. The molecule has 10 nitrogen and oxygen atoms in total. The van der Waals surface area contributed by atoms with E-state index in [9.17, 15) is 14.9 Å². The van der Waals surface area contributed by atoms with E-state index in [4.69, 9.17) is 14.2 Å². The third kappa shape index (κ3) is 6.79. The summed E-state index contributed by atoms with van der Waals surface area (Å²) in [5.74, 6) is -0.0684. The maximum Gasteiger partial charge on any atom is 0.286 e. The first kappa shape index (κ1) is 23.9. The Morgan fingerprint density at radius 1 is 1.25 bits per heavy atom. The van der Waals surface area contributed by atoms with Gasteiger partial charge in [-0.15, -0.1) is 12.4 Å². The smallest absolute Gasteiger partial charge is 0.286 e. The number of nitro benzene ring substituents is 1. The van der Waals surface area contributed by atoms with E-state index in [1.807, 2.05) is 0 Å². The lowest BCUT2D eigenvalue weighted by molar-refractivity contribution is -0.385. The van der Waals surface area contributed by atoms with Crippen molar-refractivity contribution in [3.63, 3.8) is 0 Å². The van der Waals surface area contributed by atoms with E-state index < -0.39 is 10.8 Å². The molecule has 0 bridgehead atoms. The van der Waals surface area contributed by atoms with Gasteiger partial charge >= 0.3 is 0 Å². The van der Waals surface area contributed by atoms with Crippen LogP contribution in [-0.2, 0) is 4.74 Å². The Hall–Kier alpha value is -2.14. The van der Waals surface area contributed by atoms with Gasteiger partial charge in [0, 0.05) is 52.4 Å². The number of ether oxygens (including phenoxy) is 3. The molecule has 158 valence electrons. The summed E-state index contributed by atoms with van der Waals surface area (Å²) in [5.41, 5.74) is -0.390. The third-order valence-electron chi connectivity index (χ3n) is 4.19. The highest BCUT2D eigenvalue weighted by Gasteiger charge is 2.25. The molecule has 0 spiro atoms. The summed E-state index contributed by atoms with van der Waals surface area (Å²) in [6.07, 6.45) is 0. The van der Waals surface area contributed by atoms with Crippen LogP contribution in [0.5, 0.6) is 11.5 Å². The van der Waals surface area contributed by atoms with E-state index in [0.717, 1.165) is 26.2 Å². The van der Waals surface area contributed by atoms with Crippen LogP contribution >= 0.6 is 12.4 Å². The highest BCUT2D eigenvalue weighted by molar-refractivity contribution is 5.99. The lowest BCUT2D eigenvalue weighted by atomic mass is 10.1. The number of piperazine rings is 1. The molecule has 1 saturated heterocycles. The Bertz CT molecular complexity index is 655. The van der Waals surface area contributed by atoms with E-state index in [0.29, 0.717) is 19.7 Å². The number of nitrogens with zero attached hydrogens (tertiary/aromatic N) is 2. The summed E-state index contributed by atoms with van der Waals surface area (Å²) < 4.78 is 15.6. The molecular weight excluding hydrogens is 392 g/mol. The fourth-order valence-electron chi connectivity index (χ4n) is 2.75.